The molecule has 1 aliphatic carbocycles. The van der Waals surface area contributed by atoms with Crippen molar-refractivity contribution in [3.8, 4) is 0 Å². The Bertz CT molecular complexity index is 613. The van der Waals surface area contributed by atoms with E-state index in [2.05, 4.69) is 15.3 Å². The molecule has 23 heavy (non-hydrogen) atoms. The first-order chi connectivity index (χ1) is 10.7. The van der Waals surface area contributed by atoms with Crippen LogP contribution in [0.4, 0.5) is 19.1 Å². The molecule has 0 bridgehead atoms. The highest BCUT2D eigenvalue weighted by molar-refractivity contribution is 5.25. The quantitative estimate of drug-likeness (QED) is 0.886. The molecule has 0 aromatic carbocycles. The number of nitrogens with one attached hydrogen (secondary N) is 2. The van der Waals surface area contributed by atoms with Crippen LogP contribution in [0.1, 0.15) is 52.0 Å². The molecule has 1 fully saturated rings. The lowest BCUT2D eigenvalue weighted by Crippen LogP contribution is -2.46. The summed E-state index contributed by atoms with van der Waals surface area (Å²) < 4.78 is 40.9. The molecule has 1 heterocycles. The van der Waals surface area contributed by atoms with Gasteiger partial charge in [0.1, 0.15) is 6.04 Å². The minimum absolute atomic E-state index is 0.426. The molecule has 1 aromatic rings. The topological polar surface area (TPSA) is 79.8 Å². The Morgan fingerprint density at radius 2 is 1.83 bits per heavy atom. The van der Waals surface area contributed by atoms with Crippen molar-refractivity contribution >= 4 is 5.95 Å². The molecule has 2 rings (SSSR count). The number of hydrogen-bond donors (Lipinski definition) is 2. The maximum absolute atomic E-state index is 13.3. The Morgan fingerprint density at radius 3 is 2.30 bits per heavy atom. The van der Waals surface area contributed by atoms with Gasteiger partial charge in [-0.25, -0.2) is 14.2 Å². The van der Waals surface area contributed by atoms with Crippen LogP contribution in [-0.4, -0.2) is 26.8 Å². The fourth-order valence-electron chi connectivity index (χ4n) is 3.03. The van der Waals surface area contributed by atoms with Crippen LogP contribution in [0.5, 0.6) is 0 Å². The standard InChI is InChI=1S/C14H21F3N4O2/c1-8(2)21-12(22)19-11(20-13(21)23)18-10(14(15,16)17)9-6-4-3-5-7-9/h8-10H,3-7H2,1-2H3,(H2,18,19,20,22,23). The van der Waals surface area contributed by atoms with Gasteiger partial charge in [0, 0.05) is 6.04 Å². The minimum atomic E-state index is -4.48. The summed E-state index contributed by atoms with van der Waals surface area (Å²) in [6.45, 7) is 3.23. The molecule has 0 amide bonds. The Kier molecular flexibility index (Phi) is 5.16. The molecule has 1 unspecified atom stereocenters. The van der Waals surface area contributed by atoms with Gasteiger partial charge in [-0.05, 0) is 32.6 Å². The van der Waals surface area contributed by atoms with Crippen molar-refractivity contribution in [3.05, 3.63) is 21.0 Å². The summed E-state index contributed by atoms with van der Waals surface area (Å²) in [4.78, 5) is 29.4. The summed E-state index contributed by atoms with van der Waals surface area (Å²) >= 11 is 0. The van der Waals surface area contributed by atoms with E-state index < -0.39 is 41.5 Å². The first-order valence-corrected chi connectivity index (χ1v) is 7.76. The van der Waals surface area contributed by atoms with Crippen LogP contribution in [0.25, 0.3) is 0 Å². The van der Waals surface area contributed by atoms with Gasteiger partial charge in [0.25, 0.3) is 0 Å². The van der Waals surface area contributed by atoms with Gasteiger partial charge in [-0.1, -0.05) is 19.3 Å². The number of H-pyrrole nitrogens is 1. The van der Waals surface area contributed by atoms with Crippen molar-refractivity contribution in [1.29, 1.82) is 0 Å². The molecule has 0 aliphatic heterocycles. The fraction of sp³-hybridized carbons (Fsp3) is 0.786. The second-order valence-electron chi connectivity index (χ2n) is 6.20. The Labute approximate surface area is 131 Å². The van der Waals surface area contributed by atoms with E-state index in [4.69, 9.17) is 0 Å². The average Bonchev–Trinajstić information content (AvgIpc) is 2.43. The average molecular weight is 334 g/mol. The molecule has 1 aliphatic rings. The molecule has 1 saturated carbocycles. The number of anilines is 1. The largest absolute Gasteiger partial charge is 0.408 e. The summed E-state index contributed by atoms with van der Waals surface area (Å²) in [5.74, 6) is -1.01. The number of nitrogens with zero attached hydrogens (tertiary/aromatic N) is 2. The van der Waals surface area contributed by atoms with E-state index in [0.717, 1.165) is 23.8 Å². The molecule has 2 N–H and O–H groups in total. The first kappa shape index (κ1) is 17.6. The normalized spacial score (nSPS) is 18.2. The van der Waals surface area contributed by atoms with Crippen LogP contribution >= 0.6 is 0 Å². The van der Waals surface area contributed by atoms with Crippen molar-refractivity contribution in [2.45, 2.75) is 64.2 Å². The monoisotopic (exact) mass is 334 g/mol. The maximum Gasteiger partial charge on any atom is 0.408 e. The number of aromatic amines is 1. The van der Waals surface area contributed by atoms with Gasteiger partial charge in [0.2, 0.25) is 5.95 Å². The number of rotatable bonds is 4. The molecule has 6 nitrogen and oxygen atoms in total. The van der Waals surface area contributed by atoms with Crippen molar-refractivity contribution in [1.82, 2.24) is 14.5 Å². The molecule has 130 valence electrons. The van der Waals surface area contributed by atoms with Crippen molar-refractivity contribution < 1.29 is 13.2 Å². The maximum atomic E-state index is 13.3. The van der Waals surface area contributed by atoms with E-state index in [9.17, 15) is 22.8 Å². The fourth-order valence-corrected chi connectivity index (χ4v) is 3.03. The van der Waals surface area contributed by atoms with Crippen molar-refractivity contribution in [2.24, 2.45) is 5.92 Å². The molecule has 1 atom stereocenters. The van der Waals surface area contributed by atoms with Crippen molar-refractivity contribution in [2.75, 3.05) is 5.32 Å². The molecular weight excluding hydrogens is 313 g/mol. The van der Waals surface area contributed by atoms with E-state index >= 15 is 0 Å². The Hall–Kier alpha value is -1.80. The van der Waals surface area contributed by atoms with Gasteiger partial charge in [0.05, 0.1) is 0 Å². The lowest BCUT2D eigenvalue weighted by atomic mass is 9.83. The Balaban J connectivity index is 2.30. The SMILES string of the molecule is CC(C)n1c(=O)nc(NC(C2CCCCC2)C(F)(F)F)[nH]c1=O. The van der Waals surface area contributed by atoms with Gasteiger partial charge in [0.15, 0.2) is 0 Å². The highest BCUT2D eigenvalue weighted by Gasteiger charge is 2.45. The van der Waals surface area contributed by atoms with Crippen LogP contribution in [0.15, 0.2) is 9.59 Å². The second-order valence-corrected chi connectivity index (χ2v) is 6.20. The predicted molar refractivity (Wildman–Crippen MR) is 79.5 cm³/mol. The van der Waals surface area contributed by atoms with Crippen LogP contribution in [-0.2, 0) is 0 Å². The molecule has 9 heteroatoms. The lowest BCUT2D eigenvalue weighted by Gasteiger charge is -2.32. The van der Waals surface area contributed by atoms with Gasteiger partial charge in [-0.3, -0.25) is 4.98 Å². The van der Waals surface area contributed by atoms with Gasteiger partial charge >= 0.3 is 17.6 Å². The lowest BCUT2D eigenvalue weighted by molar-refractivity contribution is -0.155. The number of aromatic nitrogens is 3. The van der Waals surface area contributed by atoms with Crippen LogP contribution in [0, 0.1) is 5.92 Å². The number of alkyl halides is 3. The smallest absolute Gasteiger partial charge is 0.344 e. The highest BCUT2D eigenvalue weighted by Crippen LogP contribution is 2.35. The van der Waals surface area contributed by atoms with Crippen LogP contribution < -0.4 is 16.7 Å². The summed E-state index contributed by atoms with van der Waals surface area (Å²) in [6.07, 6.45) is -1.13. The van der Waals surface area contributed by atoms with Crippen LogP contribution in [0.2, 0.25) is 0 Å². The Morgan fingerprint density at radius 1 is 1.22 bits per heavy atom. The zero-order valence-electron chi connectivity index (χ0n) is 13.1. The zero-order valence-corrected chi connectivity index (χ0v) is 13.1. The molecule has 1 aromatic heterocycles. The van der Waals surface area contributed by atoms with Gasteiger partial charge in [-0.15, -0.1) is 0 Å². The van der Waals surface area contributed by atoms with E-state index in [-0.39, 0.29) is 0 Å². The third kappa shape index (κ3) is 4.14. The third-order valence-corrected chi connectivity index (χ3v) is 4.14. The summed E-state index contributed by atoms with van der Waals surface area (Å²) in [5, 5.41) is 2.23. The first-order valence-electron chi connectivity index (χ1n) is 7.76. The summed E-state index contributed by atoms with van der Waals surface area (Å²) in [7, 11) is 0. The van der Waals surface area contributed by atoms with Crippen molar-refractivity contribution in [3.63, 3.8) is 0 Å². The van der Waals surface area contributed by atoms with E-state index in [1.165, 1.54) is 0 Å². The number of halogens is 3. The molecule has 0 saturated heterocycles. The third-order valence-electron chi connectivity index (χ3n) is 4.14. The molecule has 0 radical (unpaired) electrons. The van der Waals surface area contributed by atoms with Gasteiger partial charge < -0.3 is 5.32 Å². The zero-order chi connectivity index (χ0) is 17.2. The van der Waals surface area contributed by atoms with Gasteiger partial charge in [-0.2, -0.15) is 18.2 Å². The van der Waals surface area contributed by atoms with E-state index in [0.29, 0.717) is 12.8 Å². The number of hydrogen-bond acceptors (Lipinski definition) is 4. The summed E-state index contributed by atoms with van der Waals surface area (Å²) in [6, 6.07) is -2.25. The van der Waals surface area contributed by atoms with E-state index in [1.54, 1.807) is 13.8 Å². The van der Waals surface area contributed by atoms with Crippen LogP contribution in [0.3, 0.4) is 0 Å². The predicted octanol–water partition coefficient (Wildman–Crippen LogP) is 2.44. The summed E-state index contributed by atoms with van der Waals surface area (Å²) in [5.41, 5.74) is -1.64. The molecular formula is C14H21F3N4O2. The highest BCUT2D eigenvalue weighted by atomic mass is 19.4. The second kappa shape index (κ2) is 6.76. The van der Waals surface area contributed by atoms with E-state index in [1.807, 2.05) is 0 Å². The minimum Gasteiger partial charge on any atom is -0.344 e. The molecule has 0 spiro atoms.